The molecule has 2 aromatic rings. The molecular formula is C24H24F2N2O5. The maximum absolute atomic E-state index is 13.1. The minimum absolute atomic E-state index is 0.0546. The Morgan fingerprint density at radius 2 is 1.67 bits per heavy atom. The van der Waals surface area contributed by atoms with Crippen LogP contribution in [0.25, 0.3) is 11.1 Å². The van der Waals surface area contributed by atoms with E-state index in [2.05, 4.69) is 11.9 Å². The summed E-state index contributed by atoms with van der Waals surface area (Å²) in [5, 5.41) is 11.2. The Morgan fingerprint density at radius 1 is 1.09 bits per heavy atom. The van der Waals surface area contributed by atoms with Crippen LogP contribution in [-0.2, 0) is 14.3 Å². The third-order valence-electron chi connectivity index (χ3n) is 5.34. The number of nitrogens with zero attached hydrogens (tertiary/aromatic N) is 1. The van der Waals surface area contributed by atoms with Crippen LogP contribution in [0.15, 0.2) is 61.2 Å². The van der Waals surface area contributed by atoms with Crippen LogP contribution < -0.4 is 5.32 Å². The van der Waals surface area contributed by atoms with Crippen molar-refractivity contribution in [3.8, 4) is 11.1 Å². The number of carbonyl (C=O) groups is 3. The average Bonchev–Trinajstić information content (AvgIpc) is 3.09. The first-order valence-electron chi connectivity index (χ1n) is 10.3. The molecule has 1 aliphatic carbocycles. The van der Waals surface area contributed by atoms with Crippen molar-refractivity contribution in [2.24, 2.45) is 0 Å². The van der Waals surface area contributed by atoms with E-state index < -0.39 is 43.4 Å². The summed E-state index contributed by atoms with van der Waals surface area (Å²) in [6, 6.07) is 13.8. The lowest BCUT2D eigenvalue weighted by atomic mass is 9.98. The number of halogens is 2. The van der Waals surface area contributed by atoms with E-state index in [0.29, 0.717) is 0 Å². The Balaban J connectivity index is 1.70. The van der Waals surface area contributed by atoms with E-state index in [4.69, 9.17) is 9.84 Å². The molecule has 0 saturated carbocycles. The van der Waals surface area contributed by atoms with Crippen molar-refractivity contribution in [1.82, 2.24) is 10.2 Å². The maximum atomic E-state index is 13.1. The molecule has 0 radical (unpaired) electrons. The van der Waals surface area contributed by atoms with Gasteiger partial charge >= 0.3 is 12.1 Å². The molecule has 7 nitrogen and oxygen atoms in total. The van der Waals surface area contributed by atoms with E-state index in [1.165, 1.54) is 6.08 Å². The molecule has 1 atom stereocenters. The highest BCUT2D eigenvalue weighted by Gasteiger charge is 2.32. The normalized spacial score (nSPS) is 13.1. The van der Waals surface area contributed by atoms with Gasteiger partial charge < -0.3 is 20.1 Å². The molecule has 2 amide bonds. The van der Waals surface area contributed by atoms with Crippen LogP contribution >= 0.6 is 0 Å². The number of carboxylic acid groups (broad SMARTS) is 1. The van der Waals surface area contributed by atoms with Gasteiger partial charge in [0.25, 0.3) is 0 Å². The summed E-state index contributed by atoms with van der Waals surface area (Å²) in [5.74, 6) is -2.51. The van der Waals surface area contributed by atoms with Gasteiger partial charge in [0.05, 0.1) is 0 Å². The fourth-order valence-corrected chi connectivity index (χ4v) is 3.95. The second-order valence-corrected chi connectivity index (χ2v) is 7.55. The smallest absolute Gasteiger partial charge is 0.407 e. The van der Waals surface area contributed by atoms with Gasteiger partial charge in [0, 0.05) is 18.9 Å². The Labute approximate surface area is 189 Å². The van der Waals surface area contributed by atoms with Crippen molar-refractivity contribution in [1.29, 1.82) is 0 Å². The van der Waals surface area contributed by atoms with Gasteiger partial charge in [-0.1, -0.05) is 54.6 Å². The fourth-order valence-electron chi connectivity index (χ4n) is 3.95. The van der Waals surface area contributed by atoms with Gasteiger partial charge in [0.2, 0.25) is 12.3 Å². The van der Waals surface area contributed by atoms with Crippen LogP contribution in [0.4, 0.5) is 13.6 Å². The predicted octanol–water partition coefficient (Wildman–Crippen LogP) is 3.65. The topological polar surface area (TPSA) is 95.9 Å². The zero-order valence-corrected chi connectivity index (χ0v) is 17.7. The number of fused-ring (bicyclic) bond motifs is 3. The average molecular weight is 458 g/mol. The lowest BCUT2D eigenvalue weighted by Crippen LogP contribution is -2.51. The molecule has 0 saturated heterocycles. The number of alkyl carbamates (subject to hydrolysis) is 1. The number of benzene rings is 2. The molecule has 1 unspecified atom stereocenters. The summed E-state index contributed by atoms with van der Waals surface area (Å²) in [6.07, 6.45) is -3.64. The van der Waals surface area contributed by atoms with Crippen molar-refractivity contribution in [3.63, 3.8) is 0 Å². The van der Waals surface area contributed by atoms with Gasteiger partial charge in [-0.2, -0.15) is 0 Å². The summed E-state index contributed by atoms with van der Waals surface area (Å²) in [6.45, 7) is 2.50. The Morgan fingerprint density at radius 3 is 2.18 bits per heavy atom. The van der Waals surface area contributed by atoms with Crippen LogP contribution in [0.2, 0.25) is 0 Å². The second-order valence-electron chi connectivity index (χ2n) is 7.55. The van der Waals surface area contributed by atoms with Crippen molar-refractivity contribution < 1.29 is 33.0 Å². The zero-order valence-electron chi connectivity index (χ0n) is 17.7. The van der Waals surface area contributed by atoms with E-state index in [0.717, 1.165) is 27.2 Å². The zero-order chi connectivity index (χ0) is 24.0. The molecule has 0 fully saturated rings. The van der Waals surface area contributed by atoms with E-state index in [1.807, 2.05) is 48.5 Å². The largest absolute Gasteiger partial charge is 0.480 e. The molecule has 33 heavy (non-hydrogen) atoms. The van der Waals surface area contributed by atoms with Crippen molar-refractivity contribution in [3.05, 3.63) is 72.3 Å². The summed E-state index contributed by atoms with van der Waals surface area (Å²) >= 11 is 0. The molecule has 0 bridgehead atoms. The number of amides is 2. The predicted molar refractivity (Wildman–Crippen MR) is 117 cm³/mol. The number of ether oxygens (including phenoxy) is 1. The van der Waals surface area contributed by atoms with Gasteiger partial charge in [-0.25, -0.2) is 13.6 Å². The molecule has 0 aliphatic heterocycles. The lowest BCUT2D eigenvalue weighted by Gasteiger charge is -2.25. The Hall–Kier alpha value is -3.75. The van der Waals surface area contributed by atoms with Gasteiger partial charge in [0.15, 0.2) is 0 Å². The number of rotatable bonds is 10. The van der Waals surface area contributed by atoms with E-state index in [1.54, 1.807) is 0 Å². The summed E-state index contributed by atoms with van der Waals surface area (Å²) in [5.41, 5.74) is 4.01. The number of hydrogen-bond acceptors (Lipinski definition) is 4. The first-order valence-corrected chi connectivity index (χ1v) is 10.3. The summed E-state index contributed by atoms with van der Waals surface area (Å²) in [7, 11) is 0. The minimum Gasteiger partial charge on any atom is -0.480 e. The van der Waals surface area contributed by atoms with Crippen LogP contribution in [-0.4, -0.2) is 60.1 Å². The van der Waals surface area contributed by atoms with Crippen molar-refractivity contribution in [2.75, 3.05) is 19.7 Å². The molecule has 0 aromatic heterocycles. The van der Waals surface area contributed by atoms with E-state index in [-0.39, 0.29) is 19.1 Å². The molecular weight excluding hydrogens is 434 g/mol. The first-order chi connectivity index (χ1) is 15.8. The Kier molecular flexibility index (Phi) is 7.76. The fraction of sp³-hybridized carbons (Fsp3) is 0.292. The number of aliphatic carboxylic acids is 1. The first kappa shape index (κ1) is 23.9. The lowest BCUT2D eigenvalue weighted by molar-refractivity contribution is -0.145. The molecule has 2 N–H and O–H groups in total. The van der Waals surface area contributed by atoms with Crippen molar-refractivity contribution >= 4 is 18.0 Å². The SMILES string of the molecule is C=CCN(CC(=O)O)C(=O)C(CC(F)F)NC(=O)OCC1c2ccccc2-c2ccccc21. The molecule has 1 aliphatic rings. The van der Waals surface area contributed by atoms with Crippen molar-refractivity contribution in [2.45, 2.75) is 24.8 Å². The monoisotopic (exact) mass is 458 g/mol. The quantitative estimate of drug-likeness (QED) is 0.530. The van der Waals surface area contributed by atoms with Gasteiger partial charge in [0.1, 0.15) is 19.2 Å². The highest BCUT2D eigenvalue weighted by atomic mass is 19.3. The molecule has 0 spiro atoms. The molecule has 2 aromatic carbocycles. The minimum atomic E-state index is -2.90. The van der Waals surface area contributed by atoms with E-state index in [9.17, 15) is 23.2 Å². The standard InChI is InChI=1S/C24H24F2N2O5/c1-2-11-28(13-22(29)30)23(31)20(12-21(25)26)27-24(32)33-14-19-17-9-5-3-7-15(17)16-8-4-6-10-18(16)19/h2-10,19-21H,1,11-14H2,(H,27,32)(H,29,30). The Bertz CT molecular complexity index is 998. The number of alkyl halides is 2. The molecule has 0 heterocycles. The molecule has 174 valence electrons. The second kappa shape index (κ2) is 10.7. The summed E-state index contributed by atoms with van der Waals surface area (Å²) < 4.78 is 31.5. The molecule has 9 heteroatoms. The number of carbonyl (C=O) groups excluding carboxylic acids is 2. The van der Waals surface area contributed by atoms with Crippen LogP contribution in [0.5, 0.6) is 0 Å². The third-order valence-corrected chi connectivity index (χ3v) is 5.34. The highest BCUT2D eigenvalue weighted by Crippen LogP contribution is 2.44. The maximum Gasteiger partial charge on any atom is 0.407 e. The van der Waals surface area contributed by atoms with Crippen LogP contribution in [0.1, 0.15) is 23.5 Å². The van der Waals surface area contributed by atoms with Gasteiger partial charge in [-0.3, -0.25) is 9.59 Å². The molecule has 3 rings (SSSR count). The number of hydrogen-bond donors (Lipinski definition) is 2. The highest BCUT2D eigenvalue weighted by molar-refractivity contribution is 5.88. The summed E-state index contributed by atoms with van der Waals surface area (Å²) in [4.78, 5) is 36.9. The van der Waals surface area contributed by atoms with E-state index >= 15 is 0 Å². The van der Waals surface area contributed by atoms with Crippen LogP contribution in [0.3, 0.4) is 0 Å². The number of carboxylic acids is 1. The van der Waals surface area contributed by atoms with Gasteiger partial charge in [-0.15, -0.1) is 6.58 Å². The van der Waals surface area contributed by atoms with Crippen LogP contribution in [0, 0.1) is 0 Å². The number of nitrogens with one attached hydrogen (secondary N) is 1. The van der Waals surface area contributed by atoms with Gasteiger partial charge in [-0.05, 0) is 22.3 Å². The third kappa shape index (κ3) is 5.74.